The van der Waals surface area contributed by atoms with E-state index in [2.05, 4.69) is 18.7 Å². The molecule has 1 saturated heterocycles. The molecule has 26 heavy (non-hydrogen) atoms. The number of nitrogens with zero attached hydrogens (tertiary/aromatic N) is 1. The molecule has 0 aliphatic carbocycles. The summed E-state index contributed by atoms with van der Waals surface area (Å²) in [6.45, 7) is 5.87. The van der Waals surface area contributed by atoms with Crippen LogP contribution in [0.3, 0.4) is 0 Å². The van der Waals surface area contributed by atoms with Gasteiger partial charge in [0.15, 0.2) is 11.5 Å². The fourth-order valence-electron chi connectivity index (χ4n) is 4.12. The van der Waals surface area contributed by atoms with Gasteiger partial charge in [-0.05, 0) is 42.0 Å². The molecule has 1 aromatic carbocycles. The predicted molar refractivity (Wildman–Crippen MR) is 93.6 cm³/mol. The predicted octanol–water partition coefficient (Wildman–Crippen LogP) is 1.20. The van der Waals surface area contributed by atoms with E-state index in [-0.39, 0.29) is 23.5 Å². The number of carbonyl (C=O) groups excluding carboxylic acids is 1. The minimum atomic E-state index is -3.29. The van der Waals surface area contributed by atoms with Gasteiger partial charge in [-0.25, -0.2) is 0 Å². The summed E-state index contributed by atoms with van der Waals surface area (Å²) in [6.07, 6.45) is -1.15. The smallest absolute Gasteiger partial charge is 0.453 e. The summed E-state index contributed by atoms with van der Waals surface area (Å²) in [5, 5.41) is 27.5. The van der Waals surface area contributed by atoms with Crippen LogP contribution in [0.1, 0.15) is 43.9 Å². The third kappa shape index (κ3) is 4.01. The van der Waals surface area contributed by atoms with E-state index in [4.69, 9.17) is 24.8 Å². The first-order valence-corrected chi connectivity index (χ1v) is 9.01. The summed E-state index contributed by atoms with van der Waals surface area (Å²) in [6, 6.07) is 3.35. The molecule has 7 heteroatoms. The zero-order valence-corrected chi connectivity index (χ0v) is 15.4. The van der Waals surface area contributed by atoms with Crippen LogP contribution >= 0.6 is 0 Å². The first-order valence-electron chi connectivity index (χ1n) is 9.01. The topological polar surface area (TPSA) is 99.5 Å². The second kappa shape index (κ2) is 7.15. The van der Waals surface area contributed by atoms with Crippen LogP contribution in [0.15, 0.2) is 12.1 Å². The molecule has 2 heterocycles. The maximum atomic E-state index is 12.6. The maximum Gasteiger partial charge on any atom is 0.453 e. The highest BCUT2D eigenvalue weighted by Crippen LogP contribution is 2.43. The molecular weight excluding hydrogens is 338 g/mol. The maximum absolute atomic E-state index is 12.6. The van der Waals surface area contributed by atoms with Gasteiger partial charge in [0.05, 0.1) is 7.11 Å². The second-order valence-corrected chi connectivity index (χ2v) is 7.64. The molecule has 0 aromatic heterocycles. The number of hydrogen-bond acceptors (Lipinski definition) is 7. The van der Waals surface area contributed by atoms with Crippen LogP contribution < -0.4 is 9.47 Å². The van der Waals surface area contributed by atoms with Crippen molar-refractivity contribution in [2.24, 2.45) is 11.8 Å². The molecule has 7 nitrogen and oxygen atoms in total. The van der Waals surface area contributed by atoms with Crippen molar-refractivity contribution in [3.05, 3.63) is 23.3 Å². The van der Waals surface area contributed by atoms with E-state index in [0.29, 0.717) is 18.1 Å². The summed E-state index contributed by atoms with van der Waals surface area (Å²) in [7, 11) is 1.44. The fraction of sp³-hybridized carbons (Fsp3) is 0.632. The van der Waals surface area contributed by atoms with Gasteiger partial charge in [-0.2, -0.15) is 0 Å². The van der Waals surface area contributed by atoms with E-state index < -0.39 is 6.16 Å². The van der Waals surface area contributed by atoms with Gasteiger partial charge in [-0.3, -0.25) is 9.69 Å². The largest absolute Gasteiger partial charge is 0.493 e. The molecule has 2 unspecified atom stereocenters. The number of fused-ring (bicyclic) bond motifs is 3. The van der Waals surface area contributed by atoms with Crippen molar-refractivity contribution in [1.29, 1.82) is 0 Å². The third-order valence-corrected chi connectivity index (χ3v) is 5.20. The lowest BCUT2D eigenvalue weighted by atomic mass is 9.80. The van der Waals surface area contributed by atoms with E-state index >= 15 is 0 Å². The molecule has 0 bridgehead atoms. The van der Waals surface area contributed by atoms with Gasteiger partial charge in [0, 0.05) is 31.5 Å². The summed E-state index contributed by atoms with van der Waals surface area (Å²) in [5.74, 6) is 1.15. The van der Waals surface area contributed by atoms with Crippen molar-refractivity contribution in [2.75, 3.05) is 20.2 Å². The van der Waals surface area contributed by atoms with Crippen molar-refractivity contribution in [2.45, 2.75) is 45.3 Å². The number of rotatable bonds is 5. The van der Waals surface area contributed by atoms with Crippen LogP contribution in [0.25, 0.3) is 0 Å². The average Bonchev–Trinajstić information content (AvgIpc) is 2.53. The van der Waals surface area contributed by atoms with Gasteiger partial charge in [0.2, 0.25) is 0 Å². The quantitative estimate of drug-likeness (QED) is 0.674. The first-order chi connectivity index (χ1) is 12.2. The number of aliphatic hydroxyl groups is 3. The first kappa shape index (κ1) is 19.1. The number of ether oxygens (including phenoxy) is 2. The lowest BCUT2D eigenvalue weighted by Gasteiger charge is -2.43. The zero-order valence-electron chi connectivity index (χ0n) is 15.4. The molecule has 0 amide bonds. The normalized spacial score (nSPS) is 23.6. The standard InChI is InChI=1S/C19H27NO6/c1-11(2)6-13-10-20-5-4-12-7-17(25-3)18(26-19(22,23)24)8-14(12)15(20)9-16(13)21/h7-8,11,13,15,22-24H,4-6,9-10H2,1-3H3. The molecule has 2 aliphatic heterocycles. The van der Waals surface area contributed by atoms with Gasteiger partial charge in [-0.1, -0.05) is 13.8 Å². The van der Waals surface area contributed by atoms with Crippen molar-refractivity contribution in [3.8, 4) is 11.5 Å². The van der Waals surface area contributed by atoms with E-state index in [0.717, 1.165) is 37.1 Å². The molecule has 0 saturated carbocycles. The Balaban J connectivity index is 1.91. The molecular formula is C19H27NO6. The zero-order chi connectivity index (χ0) is 19.1. The molecule has 1 aromatic rings. The Bertz CT molecular complexity index is 681. The minimum absolute atomic E-state index is 0.0253. The monoisotopic (exact) mass is 365 g/mol. The number of carbonyl (C=O) groups is 1. The van der Waals surface area contributed by atoms with Crippen LogP contribution in [-0.4, -0.2) is 52.4 Å². The lowest BCUT2D eigenvalue weighted by Crippen LogP contribution is -2.46. The Kier molecular flexibility index (Phi) is 5.25. The summed E-state index contributed by atoms with van der Waals surface area (Å²) in [5.41, 5.74) is 1.96. The number of Topliss-reactive ketones (excluding diaryl/α,β-unsaturated/α-hetero) is 1. The van der Waals surface area contributed by atoms with Gasteiger partial charge in [0.1, 0.15) is 5.78 Å². The van der Waals surface area contributed by atoms with Crippen molar-refractivity contribution >= 4 is 5.78 Å². The average molecular weight is 365 g/mol. The number of hydrogen-bond donors (Lipinski definition) is 3. The van der Waals surface area contributed by atoms with Crippen molar-refractivity contribution < 1.29 is 29.6 Å². The molecule has 3 rings (SSSR count). The summed E-state index contributed by atoms with van der Waals surface area (Å²) in [4.78, 5) is 14.9. The molecule has 3 N–H and O–H groups in total. The van der Waals surface area contributed by atoms with Crippen LogP contribution in [-0.2, 0) is 11.2 Å². The highest BCUT2D eigenvalue weighted by molar-refractivity contribution is 5.83. The molecule has 1 fully saturated rings. The lowest BCUT2D eigenvalue weighted by molar-refractivity contribution is -0.419. The van der Waals surface area contributed by atoms with Gasteiger partial charge < -0.3 is 24.8 Å². The Labute approximate surface area is 153 Å². The number of piperidine rings is 1. The van der Waals surface area contributed by atoms with Gasteiger partial charge in [0.25, 0.3) is 0 Å². The summed E-state index contributed by atoms with van der Waals surface area (Å²) >= 11 is 0. The molecule has 2 aliphatic rings. The van der Waals surface area contributed by atoms with Crippen LogP contribution in [0.2, 0.25) is 0 Å². The van der Waals surface area contributed by atoms with Crippen LogP contribution in [0, 0.1) is 11.8 Å². The number of methoxy groups -OCH3 is 1. The van der Waals surface area contributed by atoms with E-state index in [1.54, 1.807) is 12.1 Å². The minimum Gasteiger partial charge on any atom is -0.493 e. The molecule has 0 radical (unpaired) electrons. The van der Waals surface area contributed by atoms with E-state index in [9.17, 15) is 4.79 Å². The molecule has 0 spiro atoms. The number of benzene rings is 1. The SMILES string of the molecule is COc1cc2c(cc1OC(O)(O)O)C1CC(=O)C(CC(C)C)CN1CC2. The van der Waals surface area contributed by atoms with Crippen LogP contribution in [0.5, 0.6) is 11.5 Å². The van der Waals surface area contributed by atoms with E-state index in [1.165, 1.54) is 7.11 Å². The Hall–Kier alpha value is -1.67. The van der Waals surface area contributed by atoms with Crippen molar-refractivity contribution in [1.82, 2.24) is 4.90 Å². The highest BCUT2D eigenvalue weighted by atomic mass is 16.9. The highest BCUT2D eigenvalue weighted by Gasteiger charge is 2.39. The molecule has 144 valence electrons. The van der Waals surface area contributed by atoms with Gasteiger partial charge in [-0.15, -0.1) is 0 Å². The van der Waals surface area contributed by atoms with Crippen LogP contribution in [0.4, 0.5) is 0 Å². The van der Waals surface area contributed by atoms with E-state index in [1.807, 2.05) is 0 Å². The van der Waals surface area contributed by atoms with Crippen molar-refractivity contribution in [3.63, 3.8) is 0 Å². The Morgan fingerprint density at radius 3 is 2.62 bits per heavy atom. The number of ketones is 1. The second-order valence-electron chi connectivity index (χ2n) is 7.64. The Morgan fingerprint density at radius 2 is 2.00 bits per heavy atom. The summed E-state index contributed by atoms with van der Waals surface area (Å²) < 4.78 is 10.0. The third-order valence-electron chi connectivity index (χ3n) is 5.20. The molecule has 2 atom stereocenters. The Morgan fingerprint density at radius 1 is 1.27 bits per heavy atom. The van der Waals surface area contributed by atoms with Gasteiger partial charge >= 0.3 is 6.16 Å². The fourth-order valence-corrected chi connectivity index (χ4v) is 4.12.